The molecule has 0 atom stereocenters. The van der Waals surface area contributed by atoms with Gasteiger partial charge in [0.2, 0.25) is 5.91 Å². The van der Waals surface area contributed by atoms with Gasteiger partial charge < -0.3 is 14.8 Å². The lowest BCUT2D eigenvalue weighted by Gasteiger charge is -2.11. The lowest BCUT2D eigenvalue weighted by atomic mass is 10.2. The molecule has 0 aliphatic heterocycles. The molecule has 2 rings (SSSR count). The largest absolute Gasteiger partial charge is 0.483 e. The minimum atomic E-state index is -0.245. The summed E-state index contributed by atoms with van der Waals surface area (Å²) < 4.78 is 11.0. The third-order valence-corrected chi connectivity index (χ3v) is 2.94. The summed E-state index contributed by atoms with van der Waals surface area (Å²) in [5, 5.41) is 2.66. The maximum absolute atomic E-state index is 11.2. The van der Waals surface area contributed by atoms with E-state index in [1.54, 1.807) is 12.1 Å². The van der Waals surface area contributed by atoms with Crippen LogP contribution in [0.25, 0.3) is 0 Å². The number of pyridine rings is 1. The zero-order valence-electron chi connectivity index (χ0n) is 12.4. The second kappa shape index (κ2) is 7.83. The Morgan fingerprint density at radius 3 is 2.73 bits per heavy atom. The number of aromatic nitrogens is 1. The predicted octanol–water partition coefficient (Wildman–Crippen LogP) is 2.47. The molecule has 1 aromatic carbocycles. The summed E-state index contributed by atoms with van der Waals surface area (Å²) in [7, 11) is 1.53. The molecule has 1 heterocycles. The maximum atomic E-state index is 11.2. The topological polar surface area (TPSA) is 60.5 Å². The molecule has 114 valence electrons. The highest BCUT2D eigenvalue weighted by molar-refractivity contribution is 5.86. The van der Waals surface area contributed by atoms with Crippen LogP contribution in [-0.4, -0.2) is 18.0 Å². The standard InChI is InChI=1S/C17H18N2O3/c1-3-16(20)18-11-14-9-10-15(17(19-14)21-2)22-12-13-7-5-4-6-8-13/h3-10H,1,11-12H2,2H3,(H,18,20). The van der Waals surface area contributed by atoms with Crippen molar-refractivity contribution in [2.75, 3.05) is 7.11 Å². The van der Waals surface area contributed by atoms with Crippen LogP contribution in [0.1, 0.15) is 11.3 Å². The van der Waals surface area contributed by atoms with Crippen LogP contribution < -0.4 is 14.8 Å². The monoisotopic (exact) mass is 298 g/mol. The Hall–Kier alpha value is -2.82. The fourth-order valence-electron chi connectivity index (χ4n) is 1.81. The molecule has 0 saturated heterocycles. The highest BCUT2D eigenvalue weighted by Crippen LogP contribution is 2.25. The molecule has 0 aliphatic carbocycles. The van der Waals surface area contributed by atoms with Gasteiger partial charge in [0.05, 0.1) is 19.3 Å². The van der Waals surface area contributed by atoms with Gasteiger partial charge in [0.1, 0.15) is 6.61 Å². The molecule has 2 aromatic rings. The first kappa shape index (κ1) is 15.6. The molecule has 0 saturated carbocycles. The predicted molar refractivity (Wildman–Crippen MR) is 83.6 cm³/mol. The fraction of sp³-hybridized carbons (Fsp3) is 0.176. The Kier molecular flexibility index (Phi) is 5.54. The van der Waals surface area contributed by atoms with E-state index < -0.39 is 0 Å². The SMILES string of the molecule is C=CC(=O)NCc1ccc(OCc2ccccc2)c(OC)n1. The van der Waals surface area contributed by atoms with E-state index in [1.165, 1.54) is 13.2 Å². The Labute approximate surface area is 129 Å². The van der Waals surface area contributed by atoms with Crippen molar-refractivity contribution in [1.82, 2.24) is 10.3 Å². The van der Waals surface area contributed by atoms with Crippen LogP contribution >= 0.6 is 0 Å². The van der Waals surface area contributed by atoms with Gasteiger partial charge in [-0.1, -0.05) is 36.9 Å². The van der Waals surface area contributed by atoms with Gasteiger partial charge >= 0.3 is 0 Å². The van der Waals surface area contributed by atoms with Crippen LogP contribution in [0.4, 0.5) is 0 Å². The summed E-state index contributed by atoms with van der Waals surface area (Å²) in [5.74, 6) is 0.705. The number of amides is 1. The number of carbonyl (C=O) groups is 1. The minimum absolute atomic E-state index is 0.245. The first-order chi connectivity index (χ1) is 10.7. The molecule has 1 aromatic heterocycles. The number of hydrogen-bond donors (Lipinski definition) is 1. The fourth-order valence-corrected chi connectivity index (χ4v) is 1.81. The van der Waals surface area contributed by atoms with Crippen molar-refractivity contribution in [2.45, 2.75) is 13.2 Å². The molecule has 0 spiro atoms. The molecule has 0 bridgehead atoms. The van der Waals surface area contributed by atoms with Gasteiger partial charge in [-0.25, -0.2) is 4.98 Å². The third kappa shape index (κ3) is 4.34. The summed E-state index contributed by atoms with van der Waals surface area (Å²) in [6.07, 6.45) is 1.22. The van der Waals surface area contributed by atoms with Gasteiger partial charge in [-0.2, -0.15) is 0 Å². The van der Waals surface area contributed by atoms with Crippen molar-refractivity contribution in [3.05, 3.63) is 66.4 Å². The number of hydrogen-bond acceptors (Lipinski definition) is 4. The number of nitrogens with zero attached hydrogens (tertiary/aromatic N) is 1. The Morgan fingerprint density at radius 1 is 1.27 bits per heavy atom. The van der Waals surface area contributed by atoms with Crippen LogP contribution in [0.3, 0.4) is 0 Å². The van der Waals surface area contributed by atoms with Gasteiger partial charge in [0.15, 0.2) is 5.75 Å². The second-order valence-corrected chi connectivity index (χ2v) is 4.51. The molecule has 0 unspecified atom stereocenters. The molecule has 0 radical (unpaired) electrons. The zero-order valence-corrected chi connectivity index (χ0v) is 12.4. The molecule has 22 heavy (non-hydrogen) atoms. The number of methoxy groups -OCH3 is 1. The van der Waals surface area contributed by atoms with Crippen LogP contribution in [0.5, 0.6) is 11.6 Å². The van der Waals surface area contributed by atoms with E-state index in [9.17, 15) is 4.79 Å². The summed E-state index contributed by atoms with van der Waals surface area (Å²) in [4.78, 5) is 15.5. The second-order valence-electron chi connectivity index (χ2n) is 4.51. The third-order valence-electron chi connectivity index (χ3n) is 2.94. The number of rotatable bonds is 7. The Morgan fingerprint density at radius 2 is 2.05 bits per heavy atom. The van der Waals surface area contributed by atoms with Crippen LogP contribution in [-0.2, 0) is 17.9 Å². The smallest absolute Gasteiger partial charge is 0.257 e. The van der Waals surface area contributed by atoms with E-state index in [-0.39, 0.29) is 5.91 Å². The molecule has 1 N–H and O–H groups in total. The molecule has 1 amide bonds. The minimum Gasteiger partial charge on any atom is -0.483 e. The average Bonchev–Trinajstić information content (AvgIpc) is 2.58. The quantitative estimate of drug-likeness (QED) is 0.798. The zero-order chi connectivity index (χ0) is 15.8. The molecule has 0 fully saturated rings. The van der Waals surface area contributed by atoms with Gasteiger partial charge in [-0.3, -0.25) is 4.79 Å². The normalized spacial score (nSPS) is 9.86. The van der Waals surface area contributed by atoms with Gasteiger partial charge in [-0.05, 0) is 23.8 Å². The lowest BCUT2D eigenvalue weighted by molar-refractivity contribution is -0.116. The maximum Gasteiger partial charge on any atom is 0.257 e. The van der Waals surface area contributed by atoms with E-state index in [1.807, 2.05) is 30.3 Å². The van der Waals surface area contributed by atoms with Crippen molar-refractivity contribution < 1.29 is 14.3 Å². The van der Waals surface area contributed by atoms with Crippen LogP contribution in [0.15, 0.2) is 55.1 Å². The van der Waals surface area contributed by atoms with Gasteiger partial charge in [-0.15, -0.1) is 0 Å². The number of nitrogens with one attached hydrogen (secondary N) is 1. The molecular formula is C17H18N2O3. The van der Waals surface area contributed by atoms with Crippen molar-refractivity contribution in [2.24, 2.45) is 0 Å². The number of carbonyl (C=O) groups excluding carboxylic acids is 1. The van der Waals surface area contributed by atoms with E-state index in [0.717, 1.165) is 5.56 Å². The number of ether oxygens (including phenoxy) is 2. The molecule has 0 aliphatic rings. The van der Waals surface area contributed by atoms with Gasteiger partial charge in [0, 0.05) is 0 Å². The Balaban J connectivity index is 2.02. The summed E-state index contributed by atoms with van der Waals surface area (Å²) in [5.41, 5.74) is 1.74. The highest BCUT2D eigenvalue weighted by Gasteiger charge is 2.08. The van der Waals surface area contributed by atoms with E-state index in [2.05, 4.69) is 16.9 Å². The van der Waals surface area contributed by atoms with E-state index in [4.69, 9.17) is 9.47 Å². The lowest BCUT2D eigenvalue weighted by Crippen LogP contribution is -2.20. The van der Waals surface area contributed by atoms with E-state index >= 15 is 0 Å². The van der Waals surface area contributed by atoms with Crippen molar-refractivity contribution in [3.63, 3.8) is 0 Å². The van der Waals surface area contributed by atoms with Crippen LogP contribution in [0.2, 0.25) is 0 Å². The molecule has 5 heteroatoms. The van der Waals surface area contributed by atoms with Gasteiger partial charge in [0.25, 0.3) is 5.88 Å². The number of benzene rings is 1. The average molecular weight is 298 g/mol. The summed E-state index contributed by atoms with van der Waals surface area (Å²) >= 11 is 0. The van der Waals surface area contributed by atoms with Crippen LogP contribution in [0, 0.1) is 0 Å². The van der Waals surface area contributed by atoms with E-state index in [0.29, 0.717) is 30.5 Å². The first-order valence-corrected chi connectivity index (χ1v) is 6.84. The Bertz CT molecular complexity index is 642. The van der Waals surface area contributed by atoms with Crippen molar-refractivity contribution in [3.8, 4) is 11.6 Å². The first-order valence-electron chi connectivity index (χ1n) is 6.84. The molecular weight excluding hydrogens is 280 g/mol. The van der Waals surface area contributed by atoms with Crippen molar-refractivity contribution >= 4 is 5.91 Å². The molecule has 5 nitrogen and oxygen atoms in total. The van der Waals surface area contributed by atoms with Crippen molar-refractivity contribution in [1.29, 1.82) is 0 Å². The highest BCUT2D eigenvalue weighted by atomic mass is 16.5. The summed E-state index contributed by atoms with van der Waals surface area (Å²) in [6, 6.07) is 13.4. The summed E-state index contributed by atoms with van der Waals surface area (Å²) in [6.45, 7) is 4.14.